The Hall–Kier alpha value is -1.07. The molecule has 0 aromatic carbocycles. The van der Waals surface area contributed by atoms with Crippen molar-refractivity contribution in [2.24, 2.45) is 0 Å². The Labute approximate surface area is 121 Å². The molecule has 5 heteroatoms. The molecule has 3 heterocycles. The zero-order valence-electron chi connectivity index (χ0n) is 12.6. The monoisotopic (exact) mass is 278 g/mol. The number of fused-ring (bicyclic) bond motifs is 1. The minimum atomic E-state index is 0.567. The van der Waals surface area contributed by atoms with Gasteiger partial charge in [-0.3, -0.25) is 0 Å². The highest BCUT2D eigenvalue weighted by atomic mass is 16.5. The molecule has 2 aliphatic heterocycles. The summed E-state index contributed by atoms with van der Waals surface area (Å²) in [7, 11) is 1.74. The molecule has 2 saturated heterocycles. The van der Waals surface area contributed by atoms with Gasteiger partial charge >= 0.3 is 0 Å². The molecular formula is C15H26N4O. The lowest BCUT2D eigenvalue weighted by Crippen LogP contribution is -2.43. The van der Waals surface area contributed by atoms with Gasteiger partial charge in [0, 0.05) is 38.5 Å². The summed E-state index contributed by atoms with van der Waals surface area (Å²) in [4.78, 5) is 7.28. The zero-order valence-corrected chi connectivity index (χ0v) is 12.6. The number of aryl methyl sites for hydroxylation is 1. The SMILES string of the molecule is COCCn1cc(C)nc1NC1CCN2CCCC2C1. The van der Waals surface area contributed by atoms with Crippen LogP contribution in [-0.2, 0) is 11.3 Å². The standard InChI is InChI=1S/C15H26N4O/c1-12-11-19(8-9-20-2)15(16-12)17-13-5-7-18-6-3-4-14(18)10-13/h11,13-14H,3-10H2,1-2H3,(H,16,17). The predicted octanol–water partition coefficient (Wildman–Crippen LogP) is 1.88. The first-order valence-electron chi connectivity index (χ1n) is 7.79. The summed E-state index contributed by atoms with van der Waals surface area (Å²) in [5, 5.41) is 3.66. The maximum Gasteiger partial charge on any atom is 0.203 e. The molecule has 0 radical (unpaired) electrons. The number of nitrogens with zero attached hydrogens (tertiary/aromatic N) is 3. The van der Waals surface area contributed by atoms with Crippen LogP contribution < -0.4 is 5.32 Å². The number of nitrogens with one attached hydrogen (secondary N) is 1. The second-order valence-electron chi connectivity index (χ2n) is 6.09. The van der Waals surface area contributed by atoms with Crippen molar-refractivity contribution >= 4 is 5.95 Å². The summed E-state index contributed by atoms with van der Waals surface area (Å²) in [6.07, 6.45) is 7.34. The van der Waals surface area contributed by atoms with Crippen molar-refractivity contribution in [3.8, 4) is 0 Å². The molecule has 0 bridgehead atoms. The van der Waals surface area contributed by atoms with Crippen molar-refractivity contribution in [3.63, 3.8) is 0 Å². The first kappa shape index (κ1) is 13.9. The van der Waals surface area contributed by atoms with E-state index in [0.29, 0.717) is 6.04 Å². The summed E-state index contributed by atoms with van der Waals surface area (Å²) in [6.45, 7) is 6.18. The Morgan fingerprint density at radius 3 is 3.15 bits per heavy atom. The second-order valence-corrected chi connectivity index (χ2v) is 6.09. The van der Waals surface area contributed by atoms with Crippen molar-refractivity contribution in [3.05, 3.63) is 11.9 Å². The molecule has 2 atom stereocenters. The molecule has 0 saturated carbocycles. The van der Waals surface area contributed by atoms with Gasteiger partial charge in [0.15, 0.2) is 0 Å². The third-order valence-electron chi connectivity index (χ3n) is 4.59. The van der Waals surface area contributed by atoms with Crippen LogP contribution in [0.1, 0.15) is 31.4 Å². The van der Waals surface area contributed by atoms with Gasteiger partial charge in [-0.1, -0.05) is 0 Å². The molecule has 112 valence electrons. The van der Waals surface area contributed by atoms with Crippen LogP contribution in [0, 0.1) is 6.92 Å². The van der Waals surface area contributed by atoms with Crippen molar-refractivity contribution in [2.45, 2.75) is 51.2 Å². The Bertz CT molecular complexity index is 445. The van der Waals surface area contributed by atoms with Gasteiger partial charge in [0.2, 0.25) is 5.95 Å². The fraction of sp³-hybridized carbons (Fsp3) is 0.800. The van der Waals surface area contributed by atoms with E-state index < -0.39 is 0 Å². The van der Waals surface area contributed by atoms with Gasteiger partial charge in [0.05, 0.1) is 12.3 Å². The van der Waals surface area contributed by atoms with Gasteiger partial charge in [0.25, 0.3) is 0 Å². The number of ether oxygens (including phenoxy) is 1. The Morgan fingerprint density at radius 1 is 1.40 bits per heavy atom. The second kappa shape index (κ2) is 6.14. The Morgan fingerprint density at radius 2 is 2.30 bits per heavy atom. The average molecular weight is 278 g/mol. The van der Waals surface area contributed by atoms with Gasteiger partial charge in [-0.25, -0.2) is 4.98 Å². The van der Waals surface area contributed by atoms with Crippen molar-refractivity contribution in [1.29, 1.82) is 0 Å². The van der Waals surface area contributed by atoms with Crippen LogP contribution in [0.5, 0.6) is 0 Å². The largest absolute Gasteiger partial charge is 0.383 e. The number of methoxy groups -OCH3 is 1. The van der Waals surface area contributed by atoms with E-state index in [0.717, 1.165) is 30.8 Å². The van der Waals surface area contributed by atoms with Gasteiger partial charge in [-0.05, 0) is 39.2 Å². The third-order valence-corrected chi connectivity index (χ3v) is 4.59. The third kappa shape index (κ3) is 2.99. The average Bonchev–Trinajstić information content (AvgIpc) is 3.02. The molecule has 1 N–H and O–H groups in total. The molecule has 2 aliphatic rings. The molecule has 3 rings (SSSR count). The number of piperidine rings is 1. The molecule has 5 nitrogen and oxygen atoms in total. The highest BCUT2D eigenvalue weighted by Crippen LogP contribution is 2.28. The van der Waals surface area contributed by atoms with Crippen LogP contribution in [0.4, 0.5) is 5.95 Å². The van der Waals surface area contributed by atoms with Crippen molar-refractivity contribution in [2.75, 3.05) is 32.1 Å². The van der Waals surface area contributed by atoms with E-state index in [4.69, 9.17) is 4.74 Å². The molecule has 20 heavy (non-hydrogen) atoms. The van der Waals surface area contributed by atoms with Crippen molar-refractivity contribution in [1.82, 2.24) is 14.5 Å². The fourth-order valence-electron chi connectivity index (χ4n) is 3.56. The van der Waals surface area contributed by atoms with Gasteiger partial charge in [-0.15, -0.1) is 0 Å². The molecule has 0 amide bonds. The summed E-state index contributed by atoms with van der Waals surface area (Å²) in [6, 6.07) is 1.36. The van der Waals surface area contributed by atoms with Crippen LogP contribution in [0.25, 0.3) is 0 Å². The van der Waals surface area contributed by atoms with Crippen molar-refractivity contribution < 1.29 is 4.74 Å². The lowest BCUT2D eigenvalue weighted by Gasteiger charge is -2.35. The van der Waals surface area contributed by atoms with E-state index in [-0.39, 0.29) is 0 Å². The van der Waals surface area contributed by atoms with E-state index in [1.54, 1.807) is 7.11 Å². The van der Waals surface area contributed by atoms with Crippen LogP contribution >= 0.6 is 0 Å². The zero-order chi connectivity index (χ0) is 13.9. The minimum Gasteiger partial charge on any atom is -0.383 e. The van der Waals surface area contributed by atoms with E-state index in [1.165, 1.54) is 38.8 Å². The molecule has 0 spiro atoms. The molecular weight excluding hydrogens is 252 g/mol. The minimum absolute atomic E-state index is 0.567. The van der Waals surface area contributed by atoms with Gasteiger partial charge < -0.3 is 19.5 Å². The number of aromatic nitrogens is 2. The van der Waals surface area contributed by atoms with Gasteiger partial charge in [0.1, 0.15) is 0 Å². The van der Waals surface area contributed by atoms with E-state index in [9.17, 15) is 0 Å². The van der Waals surface area contributed by atoms with Crippen LogP contribution in [0.15, 0.2) is 6.20 Å². The Balaban J connectivity index is 1.62. The van der Waals surface area contributed by atoms with Crippen LogP contribution in [0.2, 0.25) is 0 Å². The summed E-state index contributed by atoms with van der Waals surface area (Å²) in [5.74, 6) is 1.01. The molecule has 2 fully saturated rings. The highest BCUT2D eigenvalue weighted by molar-refractivity contribution is 5.30. The Kier molecular flexibility index (Phi) is 4.27. The first-order valence-corrected chi connectivity index (χ1v) is 7.79. The lowest BCUT2D eigenvalue weighted by molar-refractivity contribution is 0.184. The number of hydrogen-bond acceptors (Lipinski definition) is 4. The normalized spacial score (nSPS) is 26.7. The number of anilines is 1. The van der Waals surface area contributed by atoms with E-state index in [1.807, 2.05) is 6.92 Å². The topological polar surface area (TPSA) is 42.3 Å². The number of rotatable bonds is 5. The number of imidazole rings is 1. The molecule has 1 aromatic rings. The molecule has 1 aromatic heterocycles. The summed E-state index contributed by atoms with van der Waals surface area (Å²) >= 11 is 0. The first-order chi connectivity index (χ1) is 9.76. The quantitative estimate of drug-likeness (QED) is 0.893. The summed E-state index contributed by atoms with van der Waals surface area (Å²) in [5.41, 5.74) is 1.07. The maximum absolute atomic E-state index is 5.17. The van der Waals surface area contributed by atoms with E-state index >= 15 is 0 Å². The predicted molar refractivity (Wildman–Crippen MR) is 80.1 cm³/mol. The maximum atomic E-state index is 5.17. The van der Waals surface area contributed by atoms with E-state index in [2.05, 4.69) is 26.0 Å². The fourth-order valence-corrected chi connectivity index (χ4v) is 3.56. The number of hydrogen-bond donors (Lipinski definition) is 1. The van der Waals surface area contributed by atoms with Crippen LogP contribution in [0.3, 0.4) is 0 Å². The summed E-state index contributed by atoms with van der Waals surface area (Å²) < 4.78 is 7.35. The van der Waals surface area contributed by atoms with Gasteiger partial charge in [-0.2, -0.15) is 0 Å². The van der Waals surface area contributed by atoms with Crippen LogP contribution in [-0.4, -0.2) is 53.3 Å². The lowest BCUT2D eigenvalue weighted by atomic mass is 9.98. The molecule has 0 aliphatic carbocycles. The smallest absolute Gasteiger partial charge is 0.203 e. The highest BCUT2D eigenvalue weighted by Gasteiger charge is 2.31. The molecule has 2 unspecified atom stereocenters.